The third kappa shape index (κ3) is 3.95. The van der Waals surface area contributed by atoms with Crippen molar-refractivity contribution in [2.45, 2.75) is 12.5 Å². The zero-order chi connectivity index (χ0) is 20.6. The van der Waals surface area contributed by atoms with E-state index in [1.807, 2.05) is 0 Å². The SMILES string of the molecule is Nc1ncnc2c1ncn2[C@@H]1C[C@H](CO)[C@@H]1COP(=O)(O)Oc1ccc(F)cc1. The van der Waals surface area contributed by atoms with Gasteiger partial charge in [-0.3, -0.25) is 9.42 Å². The summed E-state index contributed by atoms with van der Waals surface area (Å²) in [4.78, 5) is 22.3. The topological polar surface area (TPSA) is 146 Å². The summed E-state index contributed by atoms with van der Waals surface area (Å²) < 4.78 is 37.1. The van der Waals surface area contributed by atoms with Crippen LogP contribution in [0.3, 0.4) is 0 Å². The molecule has 0 aliphatic heterocycles. The van der Waals surface area contributed by atoms with Crippen molar-refractivity contribution in [3.8, 4) is 5.75 Å². The van der Waals surface area contributed by atoms with Crippen molar-refractivity contribution in [1.82, 2.24) is 19.5 Å². The van der Waals surface area contributed by atoms with Gasteiger partial charge in [-0.2, -0.15) is 0 Å². The predicted octanol–water partition coefficient (Wildman–Crippen LogP) is 1.91. The van der Waals surface area contributed by atoms with Crippen LogP contribution in [0.2, 0.25) is 0 Å². The van der Waals surface area contributed by atoms with Gasteiger partial charge >= 0.3 is 7.82 Å². The summed E-state index contributed by atoms with van der Waals surface area (Å²) in [5.41, 5.74) is 6.82. The summed E-state index contributed by atoms with van der Waals surface area (Å²) in [6, 6.07) is 4.52. The average Bonchev–Trinajstić information content (AvgIpc) is 3.08. The molecule has 2 heterocycles. The third-order valence-electron chi connectivity index (χ3n) is 5.09. The van der Waals surface area contributed by atoms with Gasteiger partial charge in [0, 0.05) is 18.6 Å². The summed E-state index contributed by atoms with van der Waals surface area (Å²) in [5.74, 6) is -0.625. The van der Waals surface area contributed by atoms with Gasteiger partial charge in [-0.05, 0) is 36.6 Å². The molecular weight excluding hydrogens is 404 g/mol. The molecule has 1 aromatic carbocycles. The van der Waals surface area contributed by atoms with E-state index in [-0.39, 0.29) is 42.7 Å². The van der Waals surface area contributed by atoms with Gasteiger partial charge in [0.1, 0.15) is 23.4 Å². The van der Waals surface area contributed by atoms with E-state index in [1.165, 1.54) is 18.5 Å². The Kier molecular flexibility index (Phi) is 5.22. The monoisotopic (exact) mass is 423 g/mol. The summed E-state index contributed by atoms with van der Waals surface area (Å²) in [6.45, 7) is -0.228. The fraction of sp³-hybridized carbons (Fsp3) is 0.353. The number of hydrogen-bond acceptors (Lipinski definition) is 8. The van der Waals surface area contributed by atoms with Crippen LogP contribution in [0, 0.1) is 17.7 Å². The molecular formula is C17H19FN5O5P. The van der Waals surface area contributed by atoms with Crippen LogP contribution in [0.15, 0.2) is 36.9 Å². The molecule has 29 heavy (non-hydrogen) atoms. The molecule has 1 aliphatic carbocycles. The van der Waals surface area contributed by atoms with Gasteiger partial charge < -0.3 is 19.9 Å². The predicted molar refractivity (Wildman–Crippen MR) is 100 cm³/mol. The molecule has 12 heteroatoms. The molecule has 1 aliphatic rings. The van der Waals surface area contributed by atoms with E-state index < -0.39 is 13.6 Å². The molecule has 4 rings (SSSR count). The Morgan fingerprint density at radius 3 is 2.76 bits per heavy atom. The normalized spacial score (nSPS) is 23.5. The van der Waals surface area contributed by atoms with Crippen LogP contribution in [0.1, 0.15) is 12.5 Å². The van der Waals surface area contributed by atoms with Crippen LogP contribution in [-0.4, -0.2) is 42.7 Å². The molecule has 4 atom stereocenters. The molecule has 1 unspecified atom stereocenters. The van der Waals surface area contributed by atoms with Crippen LogP contribution in [0.25, 0.3) is 11.2 Å². The van der Waals surface area contributed by atoms with E-state index >= 15 is 0 Å². The number of phosphoric ester groups is 1. The van der Waals surface area contributed by atoms with Crippen molar-refractivity contribution < 1.29 is 28.0 Å². The maximum absolute atomic E-state index is 13.0. The minimum absolute atomic E-state index is 0.00822. The number of aliphatic hydroxyl groups excluding tert-OH is 1. The average molecular weight is 423 g/mol. The first-order valence-electron chi connectivity index (χ1n) is 8.84. The minimum atomic E-state index is -4.43. The van der Waals surface area contributed by atoms with Crippen LogP contribution in [0.4, 0.5) is 10.2 Å². The number of aromatic nitrogens is 4. The van der Waals surface area contributed by atoms with Crippen LogP contribution < -0.4 is 10.3 Å². The standard InChI is InChI=1S/C17H19FN5O5P/c18-11-1-3-12(4-2-11)28-29(25,26)27-7-13-10(6-24)5-14(13)23-9-22-15-16(19)20-8-21-17(15)23/h1-4,8-10,13-14,24H,5-7H2,(H,25,26)(H2,19,20,21)/t10-,13+,14-/m1/s1. The maximum atomic E-state index is 13.0. The Morgan fingerprint density at radius 2 is 2.03 bits per heavy atom. The van der Waals surface area contributed by atoms with Gasteiger partial charge in [0.15, 0.2) is 11.5 Å². The minimum Gasteiger partial charge on any atom is -0.404 e. The lowest BCUT2D eigenvalue weighted by Crippen LogP contribution is -2.43. The number of anilines is 1. The second-order valence-corrected chi connectivity index (χ2v) is 8.18. The molecule has 4 N–H and O–H groups in total. The van der Waals surface area contributed by atoms with Gasteiger partial charge in [-0.25, -0.2) is 23.9 Å². The first-order chi connectivity index (χ1) is 13.9. The van der Waals surface area contributed by atoms with Gasteiger partial charge in [-0.1, -0.05) is 0 Å². The Balaban J connectivity index is 1.47. The lowest BCUT2D eigenvalue weighted by atomic mass is 9.70. The zero-order valence-corrected chi connectivity index (χ0v) is 16.0. The fourth-order valence-corrected chi connectivity index (χ4v) is 4.30. The number of imidazole rings is 1. The Bertz CT molecular complexity index is 1060. The molecule has 1 fully saturated rings. The number of nitrogens with zero attached hydrogens (tertiary/aromatic N) is 4. The quantitative estimate of drug-likeness (QED) is 0.485. The molecule has 10 nitrogen and oxygen atoms in total. The van der Waals surface area contributed by atoms with Crippen molar-refractivity contribution >= 4 is 24.8 Å². The number of halogens is 1. The fourth-order valence-electron chi connectivity index (χ4n) is 3.50. The highest BCUT2D eigenvalue weighted by atomic mass is 31.2. The Morgan fingerprint density at radius 1 is 1.28 bits per heavy atom. The molecule has 0 spiro atoms. The number of nitrogen functional groups attached to an aromatic ring is 1. The van der Waals surface area contributed by atoms with Gasteiger partial charge in [0.25, 0.3) is 0 Å². The van der Waals surface area contributed by atoms with Crippen molar-refractivity contribution in [1.29, 1.82) is 0 Å². The molecule has 0 bridgehead atoms. The van der Waals surface area contributed by atoms with Gasteiger partial charge in [0.05, 0.1) is 12.9 Å². The number of phosphoric acid groups is 1. The number of fused-ring (bicyclic) bond motifs is 1. The first kappa shape index (κ1) is 19.7. The lowest BCUT2D eigenvalue weighted by Gasteiger charge is -2.44. The van der Waals surface area contributed by atoms with E-state index in [0.29, 0.717) is 17.6 Å². The van der Waals surface area contributed by atoms with Crippen molar-refractivity contribution in [3.63, 3.8) is 0 Å². The van der Waals surface area contributed by atoms with Crippen LogP contribution in [-0.2, 0) is 9.09 Å². The highest BCUT2D eigenvalue weighted by Gasteiger charge is 2.44. The molecule has 154 valence electrons. The van der Waals surface area contributed by atoms with Crippen LogP contribution >= 0.6 is 7.82 Å². The van der Waals surface area contributed by atoms with Crippen LogP contribution in [0.5, 0.6) is 5.75 Å². The van der Waals surface area contributed by atoms with Crippen molar-refractivity contribution in [2.24, 2.45) is 11.8 Å². The van der Waals surface area contributed by atoms with Crippen molar-refractivity contribution in [2.75, 3.05) is 18.9 Å². The molecule has 0 amide bonds. The lowest BCUT2D eigenvalue weighted by molar-refractivity contribution is -0.00476. The van der Waals surface area contributed by atoms with E-state index in [4.69, 9.17) is 14.8 Å². The summed E-state index contributed by atoms with van der Waals surface area (Å²) >= 11 is 0. The second-order valence-electron chi connectivity index (χ2n) is 6.80. The molecule has 0 radical (unpaired) electrons. The molecule has 0 saturated heterocycles. The van der Waals surface area contributed by atoms with Gasteiger partial charge in [-0.15, -0.1) is 0 Å². The number of hydrogen-bond donors (Lipinski definition) is 3. The highest BCUT2D eigenvalue weighted by molar-refractivity contribution is 7.47. The third-order valence-corrected chi connectivity index (χ3v) is 6.00. The van der Waals surface area contributed by atoms with Crippen molar-refractivity contribution in [3.05, 3.63) is 42.7 Å². The van der Waals surface area contributed by atoms with E-state index in [1.54, 1.807) is 10.9 Å². The molecule has 1 saturated carbocycles. The van der Waals surface area contributed by atoms with E-state index in [9.17, 15) is 19.0 Å². The highest BCUT2D eigenvalue weighted by Crippen LogP contribution is 2.50. The summed E-state index contributed by atoms with van der Waals surface area (Å²) in [6.07, 6.45) is 3.53. The van der Waals surface area contributed by atoms with E-state index in [2.05, 4.69) is 15.0 Å². The smallest absolute Gasteiger partial charge is 0.404 e. The first-order valence-corrected chi connectivity index (χ1v) is 10.3. The summed E-state index contributed by atoms with van der Waals surface area (Å²) in [7, 11) is -4.43. The molecule has 3 aromatic rings. The van der Waals surface area contributed by atoms with Gasteiger partial charge in [0.2, 0.25) is 0 Å². The summed E-state index contributed by atoms with van der Waals surface area (Å²) in [5, 5.41) is 9.60. The maximum Gasteiger partial charge on any atom is 0.527 e. The number of rotatable bonds is 7. The zero-order valence-electron chi connectivity index (χ0n) is 15.1. The van der Waals surface area contributed by atoms with E-state index in [0.717, 1.165) is 12.1 Å². The Hall–Kier alpha value is -2.59. The number of nitrogens with two attached hydrogens (primary N) is 1. The number of benzene rings is 1. The number of aliphatic hydroxyl groups is 1. The second kappa shape index (κ2) is 7.68. The Labute approximate surface area is 164 Å². The molecule has 2 aromatic heterocycles. The largest absolute Gasteiger partial charge is 0.527 e.